The molecule has 0 unspecified atom stereocenters. The molecule has 0 radical (unpaired) electrons. The van der Waals surface area contributed by atoms with Gasteiger partial charge in [0.05, 0.1) is 13.1 Å². The van der Waals surface area contributed by atoms with Crippen molar-refractivity contribution in [3.63, 3.8) is 0 Å². The Balaban J connectivity index is 2.06. The Bertz CT molecular complexity index is 622. The van der Waals surface area contributed by atoms with E-state index in [1.807, 2.05) is 24.4 Å². The number of amides is 1. The largest absolute Gasteiger partial charge is 0.464 e. The minimum atomic E-state index is -0.274. The van der Waals surface area contributed by atoms with E-state index in [-0.39, 0.29) is 11.7 Å². The van der Waals surface area contributed by atoms with Gasteiger partial charge in [-0.25, -0.2) is 4.39 Å². The molecule has 23 heavy (non-hydrogen) atoms. The van der Waals surface area contributed by atoms with Gasteiger partial charge in [-0.2, -0.15) is 0 Å². The van der Waals surface area contributed by atoms with Gasteiger partial charge < -0.3 is 14.6 Å². The van der Waals surface area contributed by atoms with E-state index < -0.39 is 0 Å². The molecule has 0 saturated carbocycles. The summed E-state index contributed by atoms with van der Waals surface area (Å²) in [4.78, 5) is 14.2. The van der Waals surface area contributed by atoms with Crippen LogP contribution in [0.4, 0.5) is 4.39 Å². The zero-order valence-electron chi connectivity index (χ0n) is 13.7. The summed E-state index contributed by atoms with van der Waals surface area (Å²) in [5.41, 5.74) is 0.901. The Morgan fingerprint density at radius 3 is 2.52 bits per heavy atom. The van der Waals surface area contributed by atoms with E-state index in [4.69, 9.17) is 4.42 Å². The molecule has 2 N–H and O–H groups in total. The number of hydrogen-bond acceptors (Lipinski definition) is 2. The van der Waals surface area contributed by atoms with Gasteiger partial charge in [0.2, 0.25) is 0 Å². The molecule has 0 aliphatic carbocycles. The molecule has 124 valence electrons. The van der Waals surface area contributed by atoms with Crippen molar-refractivity contribution in [2.45, 2.75) is 33.4 Å². The van der Waals surface area contributed by atoms with Crippen molar-refractivity contribution in [1.29, 1.82) is 0 Å². The molecular formula is C18H24FN2O2+. The van der Waals surface area contributed by atoms with Crippen LogP contribution in [0.5, 0.6) is 0 Å². The third-order valence-electron chi connectivity index (χ3n) is 3.59. The minimum Gasteiger partial charge on any atom is -0.464 e. The molecule has 0 aliphatic rings. The number of carbonyl (C=O) groups is 1. The summed E-state index contributed by atoms with van der Waals surface area (Å²) < 4.78 is 18.6. The summed E-state index contributed by atoms with van der Waals surface area (Å²) >= 11 is 0. The third kappa shape index (κ3) is 5.53. The van der Waals surface area contributed by atoms with Gasteiger partial charge in [-0.3, -0.25) is 4.79 Å². The number of hydrogen-bond donors (Lipinski definition) is 1. The second-order valence-corrected chi connectivity index (χ2v) is 5.67. The monoisotopic (exact) mass is 319 g/mol. The number of nitrogens with two attached hydrogens (primary N) is 1. The minimum absolute atomic E-state index is 0.0526. The van der Waals surface area contributed by atoms with Gasteiger partial charge in [0.25, 0.3) is 5.91 Å². The van der Waals surface area contributed by atoms with Gasteiger partial charge in [0.15, 0.2) is 6.54 Å². The number of quaternary nitrogens is 1. The molecular weight excluding hydrogens is 295 g/mol. The zero-order valence-corrected chi connectivity index (χ0v) is 13.7. The van der Waals surface area contributed by atoms with Crippen molar-refractivity contribution in [1.82, 2.24) is 4.90 Å². The van der Waals surface area contributed by atoms with Crippen molar-refractivity contribution in [2.75, 3.05) is 13.1 Å². The number of halogens is 1. The van der Waals surface area contributed by atoms with Crippen LogP contribution in [0, 0.1) is 12.7 Å². The van der Waals surface area contributed by atoms with Crippen LogP contribution in [0.2, 0.25) is 0 Å². The van der Waals surface area contributed by atoms with Crippen LogP contribution in [0.15, 0.2) is 40.8 Å². The topological polar surface area (TPSA) is 50.1 Å². The molecule has 1 aromatic carbocycles. The fraction of sp³-hybridized carbons (Fsp3) is 0.389. The summed E-state index contributed by atoms with van der Waals surface area (Å²) in [5.74, 6) is 1.36. The van der Waals surface area contributed by atoms with E-state index in [0.29, 0.717) is 19.6 Å². The first-order chi connectivity index (χ1) is 11.1. The summed E-state index contributed by atoms with van der Waals surface area (Å²) in [6, 6.07) is 10.0. The molecule has 0 atom stereocenters. The average molecular weight is 319 g/mol. The summed E-state index contributed by atoms with van der Waals surface area (Å²) in [7, 11) is 0. The van der Waals surface area contributed by atoms with Crippen LogP contribution >= 0.6 is 0 Å². The number of furan rings is 1. The van der Waals surface area contributed by atoms with Crippen molar-refractivity contribution < 1.29 is 18.9 Å². The second kappa shape index (κ2) is 8.48. The first kappa shape index (κ1) is 17.2. The van der Waals surface area contributed by atoms with Crippen LogP contribution in [0.3, 0.4) is 0 Å². The van der Waals surface area contributed by atoms with Crippen LogP contribution < -0.4 is 5.32 Å². The molecule has 1 aromatic heterocycles. The van der Waals surface area contributed by atoms with Gasteiger partial charge in [-0.15, -0.1) is 0 Å². The lowest BCUT2D eigenvalue weighted by Gasteiger charge is -2.21. The lowest BCUT2D eigenvalue weighted by Crippen LogP contribution is -2.86. The van der Waals surface area contributed by atoms with Crippen molar-refractivity contribution >= 4 is 5.91 Å². The van der Waals surface area contributed by atoms with Crippen molar-refractivity contribution in [3.05, 3.63) is 59.3 Å². The highest BCUT2D eigenvalue weighted by molar-refractivity contribution is 5.76. The molecule has 1 amide bonds. The smallest absolute Gasteiger partial charge is 0.278 e. The molecule has 5 heteroatoms. The Hall–Kier alpha value is -2.14. The lowest BCUT2D eigenvalue weighted by atomic mass is 10.2. The predicted molar refractivity (Wildman–Crippen MR) is 86.0 cm³/mol. The van der Waals surface area contributed by atoms with Crippen molar-refractivity contribution in [2.24, 2.45) is 0 Å². The molecule has 0 spiro atoms. The Kier molecular flexibility index (Phi) is 6.35. The van der Waals surface area contributed by atoms with Gasteiger partial charge in [-0.1, -0.05) is 19.1 Å². The maximum Gasteiger partial charge on any atom is 0.278 e. The molecule has 1 heterocycles. The Morgan fingerprint density at radius 2 is 1.91 bits per heavy atom. The van der Waals surface area contributed by atoms with Gasteiger partial charge in [-0.05, 0) is 43.2 Å². The summed E-state index contributed by atoms with van der Waals surface area (Å²) in [6.45, 7) is 6.17. The molecule has 0 fully saturated rings. The highest BCUT2D eigenvalue weighted by atomic mass is 19.1. The average Bonchev–Trinajstić information content (AvgIpc) is 2.94. The molecule has 0 bridgehead atoms. The Morgan fingerprint density at radius 1 is 1.17 bits per heavy atom. The van der Waals surface area contributed by atoms with Gasteiger partial charge in [0, 0.05) is 6.54 Å². The van der Waals surface area contributed by atoms with E-state index in [2.05, 4.69) is 6.92 Å². The Labute approximate surface area is 136 Å². The van der Waals surface area contributed by atoms with E-state index in [0.717, 1.165) is 30.0 Å². The number of aryl methyl sites for hydroxylation is 1. The SMILES string of the molecule is CCC[NH2+]CC(=O)N(Cc1ccc(F)cc1)Cc1ccc(C)o1. The number of carbonyl (C=O) groups excluding carboxylic acids is 1. The maximum absolute atomic E-state index is 13.0. The summed E-state index contributed by atoms with van der Waals surface area (Å²) in [5, 5.41) is 2.01. The molecule has 2 rings (SSSR count). The van der Waals surface area contributed by atoms with Crippen LogP contribution in [-0.4, -0.2) is 23.9 Å². The van der Waals surface area contributed by atoms with Gasteiger partial charge >= 0.3 is 0 Å². The number of rotatable bonds is 8. The molecule has 0 aliphatic heterocycles. The van der Waals surface area contributed by atoms with Crippen molar-refractivity contribution in [3.8, 4) is 0 Å². The molecule has 0 saturated heterocycles. The second-order valence-electron chi connectivity index (χ2n) is 5.67. The van der Waals surface area contributed by atoms with E-state index in [1.54, 1.807) is 17.0 Å². The fourth-order valence-corrected chi connectivity index (χ4v) is 2.36. The highest BCUT2D eigenvalue weighted by Crippen LogP contribution is 2.13. The first-order valence-electron chi connectivity index (χ1n) is 7.97. The molecule has 2 aromatic rings. The normalized spacial score (nSPS) is 10.7. The number of benzene rings is 1. The maximum atomic E-state index is 13.0. The quantitative estimate of drug-likeness (QED) is 0.759. The van der Waals surface area contributed by atoms with Crippen LogP contribution in [0.1, 0.15) is 30.4 Å². The highest BCUT2D eigenvalue weighted by Gasteiger charge is 2.17. The number of nitrogens with zero attached hydrogens (tertiary/aromatic N) is 1. The van der Waals surface area contributed by atoms with Crippen LogP contribution in [-0.2, 0) is 17.9 Å². The van der Waals surface area contributed by atoms with Gasteiger partial charge in [0.1, 0.15) is 17.3 Å². The van der Waals surface area contributed by atoms with E-state index in [9.17, 15) is 9.18 Å². The zero-order chi connectivity index (χ0) is 16.7. The first-order valence-corrected chi connectivity index (χ1v) is 7.97. The van der Waals surface area contributed by atoms with E-state index >= 15 is 0 Å². The standard InChI is InChI=1S/C18H23FN2O2/c1-3-10-20-11-18(22)21(13-17-9-4-14(2)23-17)12-15-5-7-16(19)8-6-15/h4-9,20H,3,10-13H2,1-2H3/p+1. The predicted octanol–water partition coefficient (Wildman–Crippen LogP) is 2.23. The molecule has 4 nitrogen and oxygen atoms in total. The third-order valence-corrected chi connectivity index (χ3v) is 3.59. The lowest BCUT2D eigenvalue weighted by molar-refractivity contribution is -0.644. The fourth-order valence-electron chi connectivity index (χ4n) is 2.36. The van der Waals surface area contributed by atoms with E-state index in [1.165, 1.54) is 12.1 Å². The van der Waals surface area contributed by atoms with Crippen LogP contribution in [0.25, 0.3) is 0 Å². The summed E-state index contributed by atoms with van der Waals surface area (Å²) in [6.07, 6.45) is 1.03.